The number of amides is 1. The van der Waals surface area contributed by atoms with E-state index in [0.717, 1.165) is 11.1 Å². The van der Waals surface area contributed by atoms with Gasteiger partial charge in [0, 0.05) is 13.0 Å². The SMILES string of the molecule is CO[C@H](C)[C@H]1C(=O)OCN1C(=O)OCC1c2ccccc2-c2ccccc21. The summed E-state index contributed by atoms with van der Waals surface area (Å²) >= 11 is 0. The highest BCUT2D eigenvalue weighted by Crippen LogP contribution is 2.44. The van der Waals surface area contributed by atoms with Crippen LogP contribution in [0.15, 0.2) is 48.5 Å². The van der Waals surface area contributed by atoms with Crippen molar-refractivity contribution < 1.29 is 23.8 Å². The number of hydrogen-bond donors (Lipinski definition) is 0. The molecule has 2 aliphatic rings. The molecule has 1 heterocycles. The molecule has 0 saturated carbocycles. The first-order valence-corrected chi connectivity index (χ1v) is 8.93. The number of benzene rings is 2. The second kappa shape index (κ2) is 7.04. The van der Waals surface area contributed by atoms with E-state index in [9.17, 15) is 9.59 Å². The molecule has 2 aromatic carbocycles. The van der Waals surface area contributed by atoms with Crippen molar-refractivity contribution in [2.45, 2.75) is 25.0 Å². The average molecular weight is 367 g/mol. The summed E-state index contributed by atoms with van der Waals surface area (Å²) in [4.78, 5) is 25.8. The van der Waals surface area contributed by atoms with Crippen LogP contribution in [0.2, 0.25) is 0 Å². The van der Waals surface area contributed by atoms with Gasteiger partial charge in [-0.3, -0.25) is 4.90 Å². The smallest absolute Gasteiger partial charge is 0.413 e. The Kier molecular flexibility index (Phi) is 4.58. The monoisotopic (exact) mass is 367 g/mol. The van der Waals surface area contributed by atoms with Crippen LogP contribution >= 0.6 is 0 Å². The summed E-state index contributed by atoms with van der Waals surface area (Å²) in [5.41, 5.74) is 4.61. The van der Waals surface area contributed by atoms with Gasteiger partial charge in [-0.2, -0.15) is 0 Å². The maximum atomic E-state index is 12.6. The van der Waals surface area contributed by atoms with Crippen molar-refractivity contribution in [3.05, 3.63) is 59.7 Å². The van der Waals surface area contributed by atoms with E-state index in [4.69, 9.17) is 14.2 Å². The van der Waals surface area contributed by atoms with Gasteiger partial charge in [-0.15, -0.1) is 0 Å². The minimum absolute atomic E-state index is 0.0288. The number of rotatable bonds is 4. The Labute approximate surface area is 157 Å². The van der Waals surface area contributed by atoms with E-state index < -0.39 is 24.2 Å². The molecule has 0 unspecified atom stereocenters. The van der Waals surface area contributed by atoms with E-state index in [1.807, 2.05) is 24.3 Å². The van der Waals surface area contributed by atoms with Gasteiger partial charge in [0.1, 0.15) is 6.61 Å². The fourth-order valence-corrected chi connectivity index (χ4v) is 3.84. The Morgan fingerprint density at radius 3 is 2.33 bits per heavy atom. The fourth-order valence-electron chi connectivity index (χ4n) is 3.84. The molecule has 27 heavy (non-hydrogen) atoms. The van der Waals surface area contributed by atoms with E-state index in [-0.39, 0.29) is 19.3 Å². The van der Waals surface area contributed by atoms with Crippen LogP contribution in [-0.4, -0.2) is 49.6 Å². The minimum Gasteiger partial charge on any atom is -0.448 e. The zero-order valence-electron chi connectivity index (χ0n) is 15.3. The molecule has 0 spiro atoms. The summed E-state index contributed by atoms with van der Waals surface area (Å²) in [6, 6.07) is 15.5. The third-order valence-electron chi connectivity index (χ3n) is 5.31. The van der Waals surface area contributed by atoms with Crippen LogP contribution < -0.4 is 0 Å². The maximum absolute atomic E-state index is 12.6. The molecule has 2 atom stereocenters. The Balaban J connectivity index is 1.52. The first-order chi connectivity index (χ1) is 13.1. The lowest BCUT2D eigenvalue weighted by Crippen LogP contribution is -2.46. The molecule has 140 valence electrons. The van der Waals surface area contributed by atoms with Crippen molar-refractivity contribution in [2.75, 3.05) is 20.4 Å². The van der Waals surface area contributed by atoms with E-state index in [1.165, 1.54) is 23.1 Å². The zero-order valence-corrected chi connectivity index (χ0v) is 15.3. The Morgan fingerprint density at radius 1 is 1.15 bits per heavy atom. The Morgan fingerprint density at radius 2 is 1.74 bits per heavy atom. The molecule has 1 aliphatic carbocycles. The van der Waals surface area contributed by atoms with Gasteiger partial charge < -0.3 is 14.2 Å². The van der Waals surface area contributed by atoms with Gasteiger partial charge in [-0.1, -0.05) is 48.5 Å². The summed E-state index contributed by atoms with van der Waals surface area (Å²) in [5, 5.41) is 0. The highest BCUT2D eigenvalue weighted by molar-refractivity contribution is 5.84. The number of methoxy groups -OCH3 is 1. The molecular formula is C21H21NO5. The predicted octanol–water partition coefficient (Wildman–Crippen LogP) is 3.16. The summed E-state index contributed by atoms with van der Waals surface area (Å²) < 4.78 is 15.8. The molecule has 0 aromatic heterocycles. The van der Waals surface area contributed by atoms with Gasteiger partial charge >= 0.3 is 12.1 Å². The van der Waals surface area contributed by atoms with Crippen molar-refractivity contribution in [3.8, 4) is 11.1 Å². The molecule has 0 N–H and O–H groups in total. The standard InChI is InChI=1S/C21H21NO5/c1-13(25-2)19-20(23)27-12-22(19)21(24)26-11-18-16-9-5-3-7-14(16)15-8-4-6-10-17(15)18/h3-10,13,18-19H,11-12H2,1-2H3/t13-,19+/m1/s1. The van der Waals surface area contributed by atoms with Crippen LogP contribution in [0, 0.1) is 0 Å². The normalized spacial score (nSPS) is 19.4. The van der Waals surface area contributed by atoms with Crippen molar-refractivity contribution in [2.24, 2.45) is 0 Å². The number of hydrogen-bond acceptors (Lipinski definition) is 5. The minimum atomic E-state index is -0.786. The van der Waals surface area contributed by atoms with Crippen molar-refractivity contribution >= 4 is 12.1 Å². The topological polar surface area (TPSA) is 65.1 Å². The Hall–Kier alpha value is -2.86. The molecule has 6 heteroatoms. The summed E-state index contributed by atoms with van der Waals surface area (Å²) in [5.74, 6) is -0.503. The number of nitrogens with zero attached hydrogens (tertiary/aromatic N) is 1. The number of carbonyl (C=O) groups excluding carboxylic acids is 2. The van der Waals surface area contributed by atoms with Gasteiger partial charge in [0.05, 0.1) is 6.10 Å². The predicted molar refractivity (Wildman–Crippen MR) is 98.1 cm³/mol. The summed E-state index contributed by atoms with van der Waals surface area (Å²) in [7, 11) is 1.49. The number of esters is 1. The van der Waals surface area contributed by atoms with Gasteiger partial charge in [-0.25, -0.2) is 9.59 Å². The van der Waals surface area contributed by atoms with Crippen LogP contribution in [0.4, 0.5) is 4.79 Å². The highest BCUT2D eigenvalue weighted by Gasteiger charge is 2.43. The molecule has 4 rings (SSSR count). The molecule has 6 nitrogen and oxygen atoms in total. The van der Waals surface area contributed by atoms with Crippen molar-refractivity contribution in [1.82, 2.24) is 4.90 Å². The molecular weight excluding hydrogens is 346 g/mol. The highest BCUT2D eigenvalue weighted by atomic mass is 16.6. The van der Waals surface area contributed by atoms with Gasteiger partial charge in [-0.05, 0) is 29.2 Å². The molecule has 1 saturated heterocycles. The molecule has 1 aliphatic heterocycles. The largest absolute Gasteiger partial charge is 0.448 e. The molecule has 1 amide bonds. The first-order valence-electron chi connectivity index (χ1n) is 8.93. The van der Waals surface area contributed by atoms with Crippen molar-refractivity contribution in [1.29, 1.82) is 0 Å². The second-order valence-electron chi connectivity index (χ2n) is 6.75. The van der Waals surface area contributed by atoms with Crippen molar-refractivity contribution in [3.63, 3.8) is 0 Å². The lowest BCUT2D eigenvalue weighted by Gasteiger charge is -2.24. The molecule has 0 radical (unpaired) electrons. The van der Waals surface area contributed by atoms with E-state index in [0.29, 0.717) is 0 Å². The van der Waals surface area contributed by atoms with Crippen LogP contribution in [0.5, 0.6) is 0 Å². The van der Waals surface area contributed by atoms with Gasteiger partial charge in [0.25, 0.3) is 0 Å². The lowest BCUT2D eigenvalue weighted by atomic mass is 9.98. The average Bonchev–Trinajstić information content (AvgIpc) is 3.24. The van der Waals surface area contributed by atoms with Crippen LogP contribution in [0.25, 0.3) is 11.1 Å². The number of carbonyl (C=O) groups is 2. The first kappa shape index (κ1) is 17.5. The molecule has 0 bridgehead atoms. The lowest BCUT2D eigenvalue weighted by molar-refractivity contribution is -0.141. The van der Waals surface area contributed by atoms with E-state index in [2.05, 4.69) is 24.3 Å². The third-order valence-corrected chi connectivity index (χ3v) is 5.31. The molecule has 2 aromatic rings. The summed E-state index contributed by atoms with van der Waals surface area (Å²) in [6.45, 7) is 1.81. The zero-order chi connectivity index (χ0) is 19.0. The van der Waals surface area contributed by atoms with Crippen LogP contribution in [-0.2, 0) is 19.0 Å². The van der Waals surface area contributed by atoms with Crippen LogP contribution in [0.1, 0.15) is 24.0 Å². The quantitative estimate of drug-likeness (QED) is 0.777. The van der Waals surface area contributed by atoms with Crippen LogP contribution in [0.3, 0.4) is 0 Å². The summed E-state index contributed by atoms with van der Waals surface area (Å²) in [6.07, 6.45) is -1.04. The Bertz CT molecular complexity index is 835. The number of cyclic esters (lactones) is 1. The van der Waals surface area contributed by atoms with Gasteiger partial charge in [0.2, 0.25) is 0 Å². The van der Waals surface area contributed by atoms with E-state index in [1.54, 1.807) is 6.92 Å². The fraction of sp³-hybridized carbons (Fsp3) is 0.333. The van der Waals surface area contributed by atoms with Gasteiger partial charge in [0.15, 0.2) is 12.8 Å². The molecule has 1 fully saturated rings. The second-order valence-corrected chi connectivity index (χ2v) is 6.75. The number of fused-ring (bicyclic) bond motifs is 3. The maximum Gasteiger partial charge on any atom is 0.413 e. The third kappa shape index (κ3) is 2.96. The van der Waals surface area contributed by atoms with E-state index >= 15 is 0 Å². The number of ether oxygens (including phenoxy) is 3.